The van der Waals surface area contributed by atoms with Crippen LogP contribution >= 0.6 is 23.9 Å². The number of aryl methyl sites for hydroxylation is 1. The van der Waals surface area contributed by atoms with Crippen molar-refractivity contribution in [3.8, 4) is 0 Å². The summed E-state index contributed by atoms with van der Waals surface area (Å²) in [6, 6.07) is 2.14. The van der Waals surface area contributed by atoms with Gasteiger partial charge in [-0.3, -0.25) is 4.98 Å². The van der Waals surface area contributed by atoms with E-state index in [4.69, 9.17) is 0 Å². The number of nitrogens with zero attached hydrogens (tertiary/aromatic N) is 1. The van der Waals surface area contributed by atoms with Crippen molar-refractivity contribution in [3.63, 3.8) is 0 Å². The fourth-order valence-electron chi connectivity index (χ4n) is 1.24. The van der Waals surface area contributed by atoms with Gasteiger partial charge in [-0.1, -0.05) is 0 Å². The highest BCUT2D eigenvalue weighted by Crippen LogP contribution is 2.38. The Bertz CT molecular complexity index is 299. The molecule has 4 heteroatoms. The van der Waals surface area contributed by atoms with E-state index in [0.717, 1.165) is 17.0 Å². The van der Waals surface area contributed by atoms with Crippen LogP contribution in [0.3, 0.4) is 0 Å². The third kappa shape index (κ3) is 1.54. The number of pyridine rings is 1. The lowest BCUT2D eigenvalue weighted by Crippen LogP contribution is -2.34. The number of halogens is 1. The minimum atomic E-state index is 0.0308. The Kier molecular flexibility index (Phi) is 2.44. The Morgan fingerprint density at radius 1 is 1.58 bits per heavy atom. The van der Waals surface area contributed by atoms with E-state index in [2.05, 4.69) is 39.2 Å². The summed E-state index contributed by atoms with van der Waals surface area (Å²) in [7, 11) is 0.0308. The van der Waals surface area contributed by atoms with Gasteiger partial charge >= 0.3 is 0 Å². The van der Waals surface area contributed by atoms with Gasteiger partial charge in [0.2, 0.25) is 0 Å². The van der Waals surface area contributed by atoms with Crippen molar-refractivity contribution in [3.05, 3.63) is 22.3 Å². The quantitative estimate of drug-likeness (QED) is 0.763. The van der Waals surface area contributed by atoms with E-state index in [-0.39, 0.29) is 7.92 Å². The molecule has 0 saturated carbocycles. The molecule has 0 spiro atoms. The highest BCUT2D eigenvalue weighted by atomic mass is 79.9. The Hall–Kier alpha value is 0.0200. The van der Waals surface area contributed by atoms with Crippen LogP contribution in [0.25, 0.3) is 0 Å². The molecule has 0 aromatic carbocycles. The fourth-order valence-corrected chi connectivity index (χ4v) is 3.21. The molecule has 0 radical (unpaired) electrons. The molecule has 0 atom stereocenters. The normalized spacial score (nSPS) is 17.5. The number of hydrogen-bond donors (Lipinski definition) is 1. The van der Waals surface area contributed by atoms with E-state index in [1.807, 2.05) is 6.20 Å². The molecule has 1 aromatic heterocycles. The molecule has 1 aromatic rings. The molecule has 0 amide bonds. The molecule has 1 aliphatic heterocycles. The Balaban J connectivity index is 2.31. The fraction of sp³-hybridized carbons (Fsp3) is 0.375. The third-order valence-corrected chi connectivity index (χ3v) is 4.63. The summed E-state index contributed by atoms with van der Waals surface area (Å²) in [5.74, 6) is 0. The topological polar surface area (TPSA) is 24.9 Å². The van der Waals surface area contributed by atoms with Crippen LogP contribution in [0.1, 0.15) is 5.56 Å². The van der Waals surface area contributed by atoms with Gasteiger partial charge in [0.25, 0.3) is 0 Å². The minimum Gasteiger partial charge on any atom is -0.308 e. The van der Waals surface area contributed by atoms with Crippen LogP contribution in [0, 0.1) is 6.92 Å². The maximum Gasteiger partial charge on any atom is 0.0686 e. The standard InChI is InChI=1S/C8H10BrN2P/c1-6-2-7(9)3-11-8(6)12-4-10-5-12/h2-3,10H,4-5H2,1H3. The average molecular weight is 245 g/mol. The third-order valence-electron chi connectivity index (χ3n) is 1.92. The van der Waals surface area contributed by atoms with Crippen molar-refractivity contribution in [1.82, 2.24) is 10.3 Å². The summed E-state index contributed by atoms with van der Waals surface area (Å²) >= 11 is 3.41. The molecule has 64 valence electrons. The Labute approximate surface area is 81.7 Å². The molecule has 12 heavy (non-hydrogen) atoms. The second kappa shape index (κ2) is 3.41. The van der Waals surface area contributed by atoms with Gasteiger partial charge in [0, 0.05) is 23.2 Å². The van der Waals surface area contributed by atoms with Crippen molar-refractivity contribution in [2.24, 2.45) is 0 Å². The summed E-state index contributed by atoms with van der Waals surface area (Å²) in [5, 5.41) is 3.28. The summed E-state index contributed by atoms with van der Waals surface area (Å²) in [5.41, 5.74) is 2.63. The minimum absolute atomic E-state index is 0.0308. The van der Waals surface area contributed by atoms with Crippen molar-refractivity contribution in [2.75, 3.05) is 12.6 Å². The molecule has 1 fully saturated rings. The molecular formula is C8H10BrN2P. The number of hydrogen-bond acceptors (Lipinski definition) is 2. The van der Waals surface area contributed by atoms with Crippen LogP contribution in [-0.4, -0.2) is 17.6 Å². The lowest BCUT2D eigenvalue weighted by molar-refractivity contribution is 0.866. The summed E-state index contributed by atoms with van der Waals surface area (Å²) in [6.07, 6.45) is 4.18. The smallest absolute Gasteiger partial charge is 0.0686 e. The van der Waals surface area contributed by atoms with Crippen LogP contribution in [0.2, 0.25) is 0 Å². The van der Waals surface area contributed by atoms with Crippen LogP contribution in [0.5, 0.6) is 0 Å². The molecular weight excluding hydrogens is 235 g/mol. The van der Waals surface area contributed by atoms with E-state index in [0.29, 0.717) is 0 Å². The summed E-state index contributed by atoms with van der Waals surface area (Å²) in [6.45, 7) is 2.13. The van der Waals surface area contributed by atoms with Gasteiger partial charge in [-0.05, 0) is 42.4 Å². The van der Waals surface area contributed by atoms with Gasteiger partial charge in [-0.15, -0.1) is 0 Å². The second-order valence-electron chi connectivity index (χ2n) is 2.90. The Morgan fingerprint density at radius 2 is 2.33 bits per heavy atom. The molecule has 1 aliphatic rings. The predicted octanol–water partition coefficient (Wildman–Crippen LogP) is 1.78. The monoisotopic (exact) mass is 244 g/mol. The zero-order chi connectivity index (χ0) is 8.55. The number of rotatable bonds is 1. The zero-order valence-electron chi connectivity index (χ0n) is 6.84. The van der Waals surface area contributed by atoms with Gasteiger partial charge in [0.15, 0.2) is 0 Å². The number of nitrogens with one attached hydrogen (secondary N) is 1. The second-order valence-corrected chi connectivity index (χ2v) is 5.95. The molecule has 0 aliphatic carbocycles. The van der Waals surface area contributed by atoms with Crippen LogP contribution in [0.4, 0.5) is 0 Å². The molecule has 1 saturated heterocycles. The van der Waals surface area contributed by atoms with Gasteiger partial charge in [-0.2, -0.15) is 0 Å². The summed E-state index contributed by atoms with van der Waals surface area (Å²) < 4.78 is 1.08. The van der Waals surface area contributed by atoms with Crippen LogP contribution in [0.15, 0.2) is 16.7 Å². The van der Waals surface area contributed by atoms with E-state index in [1.165, 1.54) is 11.0 Å². The first-order valence-corrected chi connectivity index (χ1v) is 6.36. The first kappa shape index (κ1) is 8.61. The highest BCUT2D eigenvalue weighted by Gasteiger charge is 2.20. The first-order chi connectivity index (χ1) is 5.77. The molecule has 1 N–H and O–H groups in total. The van der Waals surface area contributed by atoms with Gasteiger partial charge in [0.05, 0.1) is 5.44 Å². The first-order valence-electron chi connectivity index (χ1n) is 3.85. The van der Waals surface area contributed by atoms with Crippen LogP contribution < -0.4 is 10.8 Å². The average Bonchev–Trinajstić information content (AvgIpc) is 1.91. The van der Waals surface area contributed by atoms with Crippen molar-refractivity contribution >= 4 is 29.3 Å². The van der Waals surface area contributed by atoms with E-state index < -0.39 is 0 Å². The van der Waals surface area contributed by atoms with Crippen molar-refractivity contribution < 1.29 is 0 Å². The van der Waals surface area contributed by atoms with E-state index in [9.17, 15) is 0 Å². The van der Waals surface area contributed by atoms with Crippen molar-refractivity contribution in [1.29, 1.82) is 0 Å². The molecule has 0 unspecified atom stereocenters. The van der Waals surface area contributed by atoms with E-state index >= 15 is 0 Å². The lowest BCUT2D eigenvalue weighted by atomic mass is 10.3. The SMILES string of the molecule is Cc1cc(Br)cnc1P1CNC1. The molecule has 2 rings (SSSR count). The zero-order valence-corrected chi connectivity index (χ0v) is 9.32. The maximum atomic E-state index is 4.44. The predicted molar refractivity (Wildman–Crippen MR) is 56.1 cm³/mol. The van der Waals surface area contributed by atoms with E-state index in [1.54, 1.807) is 0 Å². The Morgan fingerprint density at radius 3 is 2.83 bits per heavy atom. The van der Waals surface area contributed by atoms with Crippen molar-refractivity contribution in [2.45, 2.75) is 6.92 Å². The lowest BCUT2D eigenvalue weighted by Gasteiger charge is -2.28. The maximum absolute atomic E-state index is 4.44. The summed E-state index contributed by atoms with van der Waals surface area (Å²) in [4.78, 5) is 4.44. The molecule has 2 heterocycles. The van der Waals surface area contributed by atoms with Gasteiger partial charge in [0.1, 0.15) is 0 Å². The van der Waals surface area contributed by atoms with Gasteiger partial charge in [-0.25, -0.2) is 0 Å². The van der Waals surface area contributed by atoms with Gasteiger partial charge < -0.3 is 5.32 Å². The highest BCUT2D eigenvalue weighted by molar-refractivity contribution is 9.10. The molecule has 2 nitrogen and oxygen atoms in total. The number of aromatic nitrogens is 1. The van der Waals surface area contributed by atoms with Crippen LogP contribution in [-0.2, 0) is 0 Å². The largest absolute Gasteiger partial charge is 0.308 e. The molecule has 0 bridgehead atoms.